The van der Waals surface area contributed by atoms with Gasteiger partial charge in [-0.25, -0.2) is 9.38 Å². The molecule has 0 amide bonds. The molecule has 130 valence electrons. The minimum atomic E-state index is -0.274. The van der Waals surface area contributed by atoms with Gasteiger partial charge in [-0.1, -0.05) is 0 Å². The van der Waals surface area contributed by atoms with Gasteiger partial charge in [0.2, 0.25) is 0 Å². The van der Waals surface area contributed by atoms with E-state index in [1.807, 2.05) is 30.8 Å². The summed E-state index contributed by atoms with van der Waals surface area (Å²) in [4.78, 5) is 4.51. The summed E-state index contributed by atoms with van der Waals surface area (Å²) in [6.45, 7) is 6.71. The molecular weight excluding hydrogens is 309 g/mol. The highest BCUT2D eigenvalue weighted by molar-refractivity contribution is 5.79. The van der Waals surface area contributed by atoms with Gasteiger partial charge in [-0.15, -0.1) is 0 Å². The van der Waals surface area contributed by atoms with Crippen LogP contribution >= 0.6 is 0 Å². The number of nitrogens with one attached hydrogen (secondary N) is 2. The first-order valence-corrected chi connectivity index (χ1v) is 8.09. The second-order valence-electron chi connectivity index (χ2n) is 5.30. The summed E-state index contributed by atoms with van der Waals surface area (Å²) in [7, 11) is 0. The quantitative estimate of drug-likeness (QED) is 0.573. The number of aromatic nitrogens is 2. The molecule has 2 rings (SSSR count). The van der Waals surface area contributed by atoms with Gasteiger partial charge in [0.25, 0.3) is 0 Å². The molecule has 1 aromatic heterocycles. The summed E-state index contributed by atoms with van der Waals surface area (Å²) in [6.07, 6.45) is 3.56. The number of benzene rings is 1. The first-order chi connectivity index (χ1) is 11.7. The van der Waals surface area contributed by atoms with Crippen molar-refractivity contribution in [3.63, 3.8) is 0 Å². The van der Waals surface area contributed by atoms with Crippen LogP contribution in [0.1, 0.15) is 13.8 Å². The minimum Gasteiger partial charge on any atom is -0.489 e. The Hall–Kier alpha value is -2.57. The summed E-state index contributed by atoms with van der Waals surface area (Å²) in [5, 5.41) is 10.6. The molecule has 1 aromatic carbocycles. The molecule has 0 fully saturated rings. The van der Waals surface area contributed by atoms with Crippen LogP contribution in [0.25, 0.3) is 0 Å². The lowest BCUT2D eigenvalue weighted by Crippen LogP contribution is -2.39. The molecule has 0 aliphatic rings. The molecule has 1 heterocycles. The van der Waals surface area contributed by atoms with Gasteiger partial charge in [0.1, 0.15) is 17.7 Å². The van der Waals surface area contributed by atoms with Crippen LogP contribution in [0.5, 0.6) is 5.75 Å². The van der Waals surface area contributed by atoms with Crippen LogP contribution in [0.15, 0.2) is 47.7 Å². The second kappa shape index (κ2) is 9.54. The van der Waals surface area contributed by atoms with E-state index in [0.29, 0.717) is 12.3 Å². The monoisotopic (exact) mass is 333 g/mol. The maximum atomic E-state index is 12.9. The van der Waals surface area contributed by atoms with Gasteiger partial charge in [0.05, 0.1) is 13.1 Å². The molecule has 0 aliphatic carbocycles. The number of aliphatic imine (C=N–C) groups is 1. The highest BCUT2D eigenvalue weighted by atomic mass is 19.1. The zero-order valence-electron chi connectivity index (χ0n) is 14.1. The first kappa shape index (κ1) is 17.8. The van der Waals surface area contributed by atoms with Gasteiger partial charge in [0, 0.05) is 25.5 Å². The van der Waals surface area contributed by atoms with Crippen LogP contribution in [0.4, 0.5) is 4.39 Å². The van der Waals surface area contributed by atoms with Crippen molar-refractivity contribution in [3.05, 3.63) is 48.5 Å². The summed E-state index contributed by atoms with van der Waals surface area (Å²) in [6, 6.07) is 7.89. The molecular formula is C17H24FN5O. The van der Waals surface area contributed by atoms with E-state index >= 15 is 0 Å². The molecule has 0 bridgehead atoms. The summed E-state index contributed by atoms with van der Waals surface area (Å²) >= 11 is 0. The topological polar surface area (TPSA) is 63.5 Å². The predicted molar refractivity (Wildman–Crippen MR) is 92.7 cm³/mol. The fraction of sp³-hybridized carbons (Fsp3) is 0.412. The number of rotatable bonds is 8. The van der Waals surface area contributed by atoms with E-state index in [1.165, 1.54) is 12.1 Å². The highest BCUT2D eigenvalue weighted by Gasteiger charge is 2.05. The molecule has 0 spiro atoms. The predicted octanol–water partition coefficient (Wildman–Crippen LogP) is 2.04. The third-order valence-electron chi connectivity index (χ3n) is 3.19. The Balaban J connectivity index is 1.79. The molecule has 0 saturated carbocycles. The fourth-order valence-corrected chi connectivity index (χ4v) is 2.07. The zero-order valence-corrected chi connectivity index (χ0v) is 14.1. The number of ether oxygens (including phenoxy) is 1. The van der Waals surface area contributed by atoms with Crippen LogP contribution in [-0.2, 0) is 6.54 Å². The van der Waals surface area contributed by atoms with Crippen LogP contribution < -0.4 is 15.4 Å². The molecule has 7 heteroatoms. The van der Waals surface area contributed by atoms with Crippen molar-refractivity contribution in [3.8, 4) is 5.75 Å². The number of hydrogen-bond donors (Lipinski definition) is 2. The molecule has 2 N–H and O–H groups in total. The molecule has 6 nitrogen and oxygen atoms in total. The van der Waals surface area contributed by atoms with Crippen LogP contribution in [-0.4, -0.2) is 41.5 Å². The largest absolute Gasteiger partial charge is 0.489 e. The van der Waals surface area contributed by atoms with E-state index in [4.69, 9.17) is 4.74 Å². The average molecular weight is 333 g/mol. The van der Waals surface area contributed by atoms with E-state index in [2.05, 4.69) is 20.7 Å². The maximum absolute atomic E-state index is 12.9. The Morgan fingerprint density at radius 3 is 2.79 bits per heavy atom. The van der Waals surface area contributed by atoms with E-state index < -0.39 is 0 Å². The van der Waals surface area contributed by atoms with Gasteiger partial charge in [-0.2, -0.15) is 5.10 Å². The third-order valence-corrected chi connectivity index (χ3v) is 3.19. The van der Waals surface area contributed by atoms with Crippen molar-refractivity contribution in [2.24, 2.45) is 4.99 Å². The van der Waals surface area contributed by atoms with Crippen molar-refractivity contribution in [2.45, 2.75) is 26.5 Å². The van der Waals surface area contributed by atoms with E-state index in [-0.39, 0.29) is 11.9 Å². The molecule has 2 aromatic rings. The van der Waals surface area contributed by atoms with Crippen molar-refractivity contribution < 1.29 is 9.13 Å². The lowest BCUT2D eigenvalue weighted by atomic mass is 10.3. The molecule has 0 saturated heterocycles. The zero-order chi connectivity index (χ0) is 17.2. The first-order valence-electron chi connectivity index (χ1n) is 8.09. The van der Waals surface area contributed by atoms with Crippen molar-refractivity contribution in [1.29, 1.82) is 0 Å². The fourth-order valence-electron chi connectivity index (χ4n) is 2.07. The molecule has 24 heavy (non-hydrogen) atoms. The Labute approximate surface area is 141 Å². The standard InChI is InChI=1S/C17H24FN5O/c1-3-19-17(20-10-12-23-11-4-9-22-23)21-13-14(2)24-16-7-5-15(18)6-8-16/h4-9,11,14H,3,10,12-13H2,1-2H3,(H2,19,20,21). The normalized spacial score (nSPS) is 12.7. The number of hydrogen-bond acceptors (Lipinski definition) is 3. The lowest BCUT2D eigenvalue weighted by molar-refractivity contribution is 0.230. The van der Waals surface area contributed by atoms with Gasteiger partial charge >= 0.3 is 0 Å². The Morgan fingerprint density at radius 2 is 2.12 bits per heavy atom. The van der Waals surface area contributed by atoms with Crippen LogP contribution in [0, 0.1) is 5.82 Å². The molecule has 0 radical (unpaired) electrons. The van der Waals surface area contributed by atoms with Gasteiger partial charge in [-0.3, -0.25) is 4.68 Å². The van der Waals surface area contributed by atoms with E-state index in [1.54, 1.807) is 18.3 Å². The van der Waals surface area contributed by atoms with Crippen LogP contribution in [0.2, 0.25) is 0 Å². The van der Waals surface area contributed by atoms with E-state index in [9.17, 15) is 4.39 Å². The third kappa shape index (κ3) is 6.28. The number of nitrogens with zero attached hydrogens (tertiary/aromatic N) is 3. The maximum Gasteiger partial charge on any atom is 0.191 e. The Kier molecular flexibility index (Phi) is 7.07. The smallest absolute Gasteiger partial charge is 0.191 e. The lowest BCUT2D eigenvalue weighted by Gasteiger charge is -2.15. The summed E-state index contributed by atoms with van der Waals surface area (Å²) in [5.74, 6) is 1.10. The van der Waals surface area contributed by atoms with E-state index in [0.717, 1.165) is 25.6 Å². The van der Waals surface area contributed by atoms with Gasteiger partial charge < -0.3 is 15.4 Å². The second-order valence-corrected chi connectivity index (χ2v) is 5.30. The van der Waals surface area contributed by atoms with Gasteiger partial charge in [-0.05, 0) is 44.2 Å². The molecule has 1 unspecified atom stereocenters. The van der Waals surface area contributed by atoms with Crippen LogP contribution in [0.3, 0.4) is 0 Å². The average Bonchev–Trinajstić information content (AvgIpc) is 3.08. The number of guanidine groups is 1. The van der Waals surface area contributed by atoms with Crippen molar-refractivity contribution in [2.75, 3.05) is 19.6 Å². The highest BCUT2D eigenvalue weighted by Crippen LogP contribution is 2.12. The summed E-state index contributed by atoms with van der Waals surface area (Å²) < 4.78 is 20.5. The summed E-state index contributed by atoms with van der Waals surface area (Å²) in [5.41, 5.74) is 0. The minimum absolute atomic E-state index is 0.114. The molecule has 1 atom stereocenters. The Bertz CT molecular complexity index is 612. The molecule has 0 aliphatic heterocycles. The SMILES string of the molecule is CCNC(=NCC(C)Oc1ccc(F)cc1)NCCn1cccn1. The Morgan fingerprint density at radius 1 is 1.33 bits per heavy atom. The van der Waals surface area contributed by atoms with Gasteiger partial charge in [0.15, 0.2) is 5.96 Å². The number of halogens is 1. The van der Waals surface area contributed by atoms with Crippen molar-refractivity contribution >= 4 is 5.96 Å². The van der Waals surface area contributed by atoms with Crippen molar-refractivity contribution in [1.82, 2.24) is 20.4 Å².